The Morgan fingerprint density at radius 3 is 2.52 bits per heavy atom. The second-order valence-electron chi connectivity index (χ2n) is 5.95. The molecule has 3 rings (SSSR count). The van der Waals surface area contributed by atoms with Gasteiger partial charge in [-0.15, -0.1) is 0 Å². The zero-order chi connectivity index (χ0) is 21.5. The molecule has 1 aromatic carbocycles. The number of hydrogen-bond donors (Lipinski definition) is 1. The Morgan fingerprint density at radius 2 is 1.86 bits per heavy atom. The number of aromatic nitrogens is 3. The van der Waals surface area contributed by atoms with Gasteiger partial charge in [0.1, 0.15) is 17.9 Å². The lowest BCUT2D eigenvalue weighted by molar-refractivity contribution is -0.141. The average Bonchev–Trinajstić information content (AvgIpc) is 2.66. The van der Waals surface area contributed by atoms with E-state index in [0.717, 1.165) is 17.7 Å². The molecule has 152 valence electrons. The first-order valence-electron chi connectivity index (χ1n) is 7.92. The Bertz CT molecular complexity index is 1250. The third-order valence-electron chi connectivity index (χ3n) is 4.00. The van der Waals surface area contributed by atoms with Crippen molar-refractivity contribution in [3.63, 3.8) is 0 Å². The van der Waals surface area contributed by atoms with Crippen molar-refractivity contribution in [1.29, 1.82) is 0 Å². The van der Waals surface area contributed by atoms with Crippen LogP contribution in [0, 0.1) is 0 Å². The highest BCUT2D eigenvalue weighted by Gasteiger charge is 2.33. The monoisotopic (exact) mass is 446 g/mol. The van der Waals surface area contributed by atoms with Gasteiger partial charge in [0, 0.05) is 7.05 Å². The number of aryl methyl sites for hydroxylation is 1. The van der Waals surface area contributed by atoms with Crippen molar-refractivity contribution < 1.29 is 18.0 Å². The number of carbonyl (C=O) groups excluding carboxylic acids is 1. The molecule has 2 aromatic heterocycles. The number of halogens is 5. The maximum absolute atomic E-state index is 12.9. The predicted molar refractivity (Wildman–Crippen MR) is 101 cm³/mol. The minimum Gasteiger partial charge on any atom is -0.323 e. The standard InChI is InChI=1S/C17H11Cl2F3N4O3/c1-25-14-8(5-6-11(24-14)17(20,21)22)15(28)26(16(25)29)7-12(27)23-10-4-2-3-9(18)13(10)19/h2-6H,7H2,1H3,(H,23,27). The van der Waals surface area contributed by atoms with Gasteiger partial charge in [0.2, 0.25) is 5.91 Å². The fourth-order valence-corrected chi connectivity index (χ4v) is 2.95. The van der Waals surface area contributed by atoms with Gasteiger partial charge in [-0.2, -0.15) is 13.2 Å². The van der Waals surface area contributed by atoms with E-state index in [1.165, 1.54) is 18.2 Å². The van der Waals surface area contributed by atoms with Gasteiger partial charge < -0.3 is 5.32 Å². The largest absolute Gasteiger partial charge is 0.433 e. The van der Waals surface area contributed by atoms with Crippen molar-refractivity contribution in [2.45, 2.75) is 12.7 Å². The van der Waals surface area contributed by atoms with Gasteiger partial charge in [-0.05, 0) is 24.3 Å². The van der Waals surface area contributed by atoms with Crippen LogP contribution < -0.4 is 16.6 Å². The molecular formula is C17H11Cl2F3N4O3. The van der Waals surface area contributed by atoms with Crippen LogP contribution in [0.4, 0.5) is 18.9 Å². The molecule has 0 aliphatic carbocycles. The van der Waals surface area contributed by atoms with Gasteiger partial charge in [-0.3, -0.25) is 18.7 Å². The van der Waals surface area contributed by atoms with Crippen LogP contribution in [-0.2, 0) is 24.6 Å². The van der Waals surface area contributed by atoms with E-state index >= 15 is 0 Å². The molecule has 0 spiro atoms. The molecule has 1 amide bonds. The van der Waals surface area contributed by atoms with Crippen LogP contribution in [0.15, 0.2) is 39.9 Å². The third-order valence-corrected chi connectivity index (χ3v) is 4.82. The minimum atomic E-state index is -4.74. The van der Waals surface area contributed by atoms with Gasteiger partial charge in [-0.1, -0.05) is 29.3 Å². The second-order valence-corrected chi connectivity index (χ2v) is 6.73. The first-order valence-corrected chi connectivity index (χ1v) is 8.68. The van der Waals surface area contributed by atoms with E-state index in [1.54, 1.807) is 0 Å². The minimum absolute atomic E-state index is 0.0742. The fraction of sp³-hybridized carbons (Fsp3) is 0.176. The predicted octanol–water partition coefficient (Wildman–Crippen LogP) is 3.06. The molecule has 12 heteroatoms. The van der Waals surface area contributed by atoms with E-state index in [0.29, 0.717) is 10.6 Å². The molecule has 0 radical (unpaired) electrons. The van der Waals surface area contributed by atoms with Crippen LogP contribution in [0.25, 0.3) is 11.0 Å². The Balaban J connectivity index is 2.02. The molecule has 0 saturated carbocycles. The van der Waals surface area contributed by atoms with E-state index in [-0.39, 0.29) is 21.1 Å². The van der Waals surface area contributed by atoms with Gasteiger partial charge in [0.25, 0.3) is 5.56 Å². The first-order chi connectivity index (χ1) is 13.5. The van der Waals surface area contributed by atoms with E-state index in [1.807, 2.05) is 0 Å². The molecule has 0 unspecified atom stereocenters. The second kappa shape index (κ2) is 7.53. The lowest BCUT2D eigenvalue weighted by Crippen LogP contribution is -2.42. The summed E-state index contributed by atoms with van der Waals surface area (Å²) in [4.78, 5) is 40.7. The van der Waals surface area contributed by atoms with Gasteiger partial charge in [0.05, 0.1) is 21.1 Å². The molecule has 0 bridgehead atoms. The number of amides is 1. The topological polar surface area (TPSA) is 86.0 Å². The highest BCUT2D eigenvalue weighted by atomic mass is 35.5. The van der Waals surface area contributed by atoms with E-state index in [2.05, 4.69) is 10.3 Å². The summed E-state index contributed by atoms with van der Waals surface area (Å²) >= 11 is 11.8. The molecule has 0 aliphatic heterocycles. The third kappa shape index (κ3) is 3.99. The zero-order valence-electron chi connectivity index (χ0n) is 14.6. The van der Waals surface area contributed by atoms with Crippen LogP contribution in [0.3, 0.4) is 0 Å². The van der Waals surface area contributed by atoms with E-state index in [9.17, 15) is 27.6 Å². The molecule has 2 heterocycles. The number of alkyl halides is 3. The van der Waals surface area contributed by atoms with E-state index < -0.39 is 41.2 Å². The van der Waals surface area contributed by atoms with Crippen molar-refractivity contribution in [2.75, 3.05) is 5.32 Å². The summed E-state index contributed by atoms with van der Waals surface area (Å²) < 4.78 is 39.9. The first kappa shape index (κ1) is 20.9. The Labute approximate surface area is 170 Å². The lowest BCUT2D eigenvalue weighted by atomic mass is 10.2. The number of anilines is 1. The van der Waals surface area contributed by atoms with Crippen molar-refractivity contribution in [2.24, 2.45) is 7.05 Å². The summed E-state index contributed by atoms with van der Waals surface area (Å²) in [5, 5.41) is 2.44. The smallest absolute Gasteiger partial charge is 0.323 e. The summed E-state index contributed by atoms with van der Waals surface area (Å²) in [7, 11) is 1.15. The van der Waals surface area contributed by atoms with Crippen LogP contribution in [0.5, 0.6) is 0 Å². The Morgan fingerprint density at radius 1 is 1.17 bits per heavy atom. The van der Waals surface area contributed by atoms with Crippen molar-refractivity contribution >= 4 is 45.8 Å². The van der Waals surface area contributed by atoms with Crippen LogP contribution in [-0.4, -0.2) is 20.0 Å². The average molecular weight is 447 g/mol. The number of rotatable bonds is 3. The summed E-state index contributed by atoms with van der Waals surface area (Å²) in [6.45, 7) is -0.689. The molecular weight excluding hydrogens is 436 g/mol. The van der Waals surface area contributed by atoms with Gasteiger partial charge in [-0.25, -0.2) is 9.78 Å². The van der Waals surface area contributed by atoms with E-state index in [4.69, 9.17) is 23.2 Å². The van der Waals surface area contributed by atoms with Crippen LogP contribution in [0.2, 0.25) is 10.0 Å². The molecule has 0 saturated heterocycles. The molecule has 29 heavy (non-hydrogen) atoms. The van der Waals surface area contributed by atoms with Crippen molar-refractivity contribution in [3.05, 3.63) is 66.9 Å². The van der Waals surface area contributed by atoms with Crippen LogP contribution >= 0.6 is 23.2 Å². The number of pyridine rings is 1. The Kier molecular flexibility index (Phi) is 5.42. The van der Waals surface area contributed by atoms with Crippen LogP contribution in [0.1, 0.15) is 5.69 Å². The summed E-state index contributed by atoms with van der Waals surface area (Å²) in [6, 6.07) is 6.05. The molecule has 0 fully saturated rings. The zero-order valence-corrected chi connectivity index (χ0v) is 16.1. The summed E-state index contributed by atoms with van der Waals surface area (Å²) in [5.74, 6) is -0.757. The molecule has 7 nitrogen and oxygen atoms in total. The highest BCUT2D eigenvalue weighted by molar-refractivity contribution is 6.43. The number of benzene rings is 1. The molecule has 0 aliphatic rings. The maximum atomic E-state index is 12.9. The number of fused-ring (bicyclic) bond motifs is 1. The van der Waals surface area contributed by atoms with Crippen molar-refractivity contribution in [1.82, 2.24) is 14.1 Å². The van der Waals surface area contributed by atoms with Crippen molar-refractivity contribution in [3.8, 4) is 0 Å². The fourth-order valence-electron chi connectivity index (χ4n) is 2.61. The normalized spacial score (nSPS) is 11.7. The number of hydrogen-bond acceptors (Lipinski definition) is 4. The number of nitrogens with one attached hydrogen (secondary N) is 1. The molecule has 0 atom stereocenters. The summed E-state index contributed by atoms with van der Waals surface area (Å²) in [5.41, 5.74) is -3.46. The quantitative estimate of drug-likeness (QED) is 0.669. The number of carbonyl (C=O) groups is 1. The summed E-state index contributed by atoms with van der Waals surface area (Å²) in [6.07, 6.45) is -4.74. The van der Waals surface area contributed by atoms with Gasteiger partial charge >= 0.3 is 11.9 Å². The molecule has 3 aromatic rings. The molecule has 1 N–H and O–H groups in total. The highest BCUT2D eigenvalue weighted by Crippen LogP contribution is 2.29. The SMILES string of the molecule is Cn1c(=O)n(CC(=O)Nc2cccc(Cl)c2Cl)c(=O)c2ccc(C(F)(F)F)nc21. The lowest BCUT2D eigenvalue weighted by Gasteiger charge is -2.13. The maximum Gasteiger partial charge on any atom is 0.433 e. The Hall–Kier alpha value is -2.85. The number of nitrogens with zero attached hydrogens (tertiary/aromatic N) is 3. The van der Waals surface area contributed by atoms with Gasteiger partial charge in [0.15, 0.2) is 0 Å².